The number of ether oxygens (including phenoxy) is 1. The fourth-order valence-corrected chi connectivity index (χ4v) is 2.81. The molecule has 0 unspecified atom stereocenters. The lowest BCUT2D eigenvalue weighted by Crippen LogP contribution is -2.29. The standard InChI is InChI=1S/C20H31N3O4/c1-20(2,3)19-22-17(27-23-19)10-7-11-18(25)26-14-16(24)21-13-12-15-8-5-4-6-9-15/h8H,4-7,9-14H2,1-3H3,(H,21,24). The Balaban J connectivity index is 1.55. The molecule has 1 aliphatic rings. The lowest BCUT2D eigenvalue weighted by Gasteiger charge is -2.13. The van der Waals surface area contributed by atoms with Crippen LogP contribution in [0.2, 0.25) is 0 Å². The van der Waals surface area contributed by atoms with Gasteiger partial charge < -0.3 is 14.6 Å². The number of allylic oxidation sites excluding steroid dienone is 1. The van der Waals surface area contributed by atoms with Gasteiger partial charge in [0.05, 0.1) is 0 Å². The normalized spacial score (nSPS) is 14.6. The minimum atomic E-state index is -0.393. The number of aromatic nitrogens is 2. The molecule has 0 radical (unpaired) electrons. The molecule has 0 atom stereocenters. The molecule has 0 aliphatic heterocycles. The van der Waals surface area contributed by atoms with Gasteiger partial charge in [0.15, 0.2) is 12.4 Å². The van der Waals surface area contributed by atoms with Crippen LogP contribution in [0.3, 0.4) is 0 Å². The van der Waals surface area contributed by atoms with Crippen molar-refractivity contribution in [1.29, 1.82) is 0 Å². The van der Waals surface area contributed by atoms with E-state index >= 15 is 0 Å². The molecule has 0 spiro atoms. The maximum Gasteiger partial charge on any atom is 0.306 e. The zero-order valence-corrected chi connectivity index (χ0v) is 16.7. The molecular weight excluding hydrogens is 346 g/mol. The van der Waals surface area contributed by atoms with Gasteiger partial charge in [0.1, 0.15) is 0 Å². The Morgan fingerprint density at radius 3 is 2.74 bits per heavy atom. The Morgan fingerprint density at radius 1 is 1.26 bits per heavy atom. The van der Waals surface area contributed by atoms with E-state index in [2.05, 4.69) is 21.5 Å². The molecule has 1 aliphatic carbocycles. The predicted molar refractivity (Wildman–Crippen MR) is 101 cm³/mol. The third kappa shape index (κ3) is 7.93. The minimum absolute atomic E-state index is 0.165. The first-order valence-electron chi connectivity index (χ1n) is 9.78. The third-order valence-corrected chi connectivity index (χ3v) is 4.43. The number of hydrogen-bond donors (Lipinski definition) is 1. The summed E-state index contributed by atoms with van der Waals surface area (Å²) < 4.78 is 10.2. The highest BCUT2D eigenvalue weighted by Gasteiger charge is 2.20. The average Bonchev–Trinajstić information content (AvgIpc) is 3.10. The Bertz CT molecular complexity index is 658. The van der Waals surface area contributed by atoms with E-state index in [1.165, 1.54) is 18.4 Å². The summed E-state index contributed by atoms with van der Waals surface area (Å²) in [7, 11) is 0. The Labute approximate surface area is 160 Å². The maximum absolute atomic E-state index is 11.7. The fourth-order valence-electron chi connectivity index (χ4n) is 2.81. The van der Waals surface area contributed by atoms with Gasteiger partial charge in [-0.3, -0.25) is 9.59 Å². The number of nitrogens with one attached hydrogen (secondary N) is 1. The van der Waals surface area contributed by atoms with Crippen molar-refractivity contribution in [3.05, 3.63) is 23.4 Å². The molecule has 0 saturated carbocycles. The van der Waals surface area contributed by atoms with E-state index < -0.39 is 5.97 Å². The number of hydrogen-bond acceptors (Lipinski definition) is 6. The van der Waals surface area contributed by atoms with Gasteiger partial charge in [-0.15, -0.1) is 0 Å². The molecule has 1 N–H and O–H groups in total. The van der Waals surface area contributed by atoms with E-state index in [1.54, 1.807) is 0 Å². The van der Waals surface area contributed by atoms with Crippen LogP contribution in [0.15, 0.2) is 16.2 Å². The largest absolute Gasteiger partial charge is 0.456 e. The van der Waals surface area contributed by atoms with Gasteiger partial charge >= 0.3 is 5.97 Å². The first-order valence-corrected chi connectivity index (χ1v) is 9.78. The van der Waals surface area contributed by atoms with E-state index in [-0.39, 0.29) is 24.3 Å². The van der Waals surface area contributed by atoms with E-state index in [4.69, 9.17) is 9.26 Å². The fraction of sp³-hybridized carbons (Fsp3) is 0.700. The van der Waals surface area contributed by atoms with Gasteiger partial charge in [-0.2, -0.15) is 4.98 Å². The summed E-state index contributed by atoms with van der Waals surface area (Å²) >= 11 is 0. The van der Waals surface area contributed by atoms with Crippen LogP contribution in [0.1, 0.15) is 77.4 Å². The molecule has 27 heavy (non-hydrogen) atoms. The molecule has 0 aromatic carbocycles. The van der Waals surface area contributed by atoms with Crippen molar-refractivity contribution < 1.29 is 18.8 Å². The summed E-state index contributed by atoms with van der Waals surface area (Å²) in [6.07, 6.45) is 9.18. The molecule has 0 fully saturated rings. The van der Waals surface area contributed by atoms with E-state index in [0.29, 0.717) is 31.1 Å². The highest BCUT2D eigenvalue weighted by atomic mass is 16.5. The lowest BCUT2D eigenvalue weighted by atomic mass is 9.96. The third-order valence-electron chi connectivity index (χ3n) is 4.43. The van der Waals surface area contributed by atoms with E-state index in [0.717, 1.165) is 19.3 Å². The van der Waals surface area contributed by atoms with Crippen LogP contribution >= 0.6 is 0 Å². The second kappa shape index (κ2) is 10.2. The molecule has 7 nitrogen and oxygen atoms in total. The predicted octanol–water partition coefficient (Wildman–Crippen LogP) is 3.24. The van der Waals surface area contributed by atoms with Crippen molar-refractivity contribution in [1.82, 2.24) is 15.5 Å². The summed E-state index contributed by atoms with van der Waals surface area (Å²) in [5.74, 6) is 0.519. The number of aryl methyl sites for hydroxylation is 1. The molecule has 1 aromatic heterocycles. The Morgan fingerprint density at radius 2 is 2.07 bits per heavy atom. The van der Waals surface area contributed by atoms with Crippen LogP contribution in [0.5, 0.6) is 0 Å². The van der Waals surface area contributed by atoms with E-state index in [1.807, 2.05) is 20.8 Å². The van der Waals surface area contributed by atoms with Crippen molar-refractivity contribution in [2.24, 2.45) is 0 Å². The van der Waals surface area contributed by atoms with Gasteiger partial charge in [-0.1, -0.05) is 37.6 Å². The number of nitrogens with zero attached hydrogens (tertiary/aromatic N) is 2. The zero-order valence-electron chi connectivity index (χ0n) is 16.7. The number of rotatable bonds is 9. The number of carbonyl (C=O) groups excluding carboxylic acids is 2. The summed E-state index contributed by atoms with van der Waals surface area (Å²) in [6, 6.07) is 0. The maximum atomic E-state index is 11.7. The van der Waals surface area contributed by atoms with Crippen LogP contribution in [0.25, 0.3) is 0 Å². The second-order valence-corrected chi connectivity index (χ2v) is 7.98. The highest BCUT2D eigenvalue weighted by molar-refractivity contribution is 5.80. The van der Waals surface area contributed by atoms with Gasteiger partial charge in [0.2, 0.25) is 5.89 Å². The summed E-state index contributed by atoms with van der Waals surface area (Å²) in [5.41, 5.74) is 1.25. The quantitative estimate of drug-likeness (QED) is 0.524. The van der Waals surface area contributed by atoms with Crippen molar-refractivity contribution in [3.63, 3.8) is 0 Å². The molecule has 2 rings (SSSR count). The Kier molecular flexibility index (Phi) is 8.00. The topological polar surface area (TPSA) is 94.3 Å². The first-order chi connectivity index (χ1) is 12.8. The SMILES string of the molecule is CC(C)(C)c1noc(CCCC(=O)OCC(=O)NCCC2=CCCCC2)n1. The smallest absolute Gasteiger partial charge is 0.306 e. The van der Waals surface area contributed by atoms with Crippen molar-refractivity contribution in [2.75, 3.05) is 13.2 Å². The molecule has 0 saturated heterocycles. The van der Waals surface area contributed by atoms with Crippen LogP contribution in [-0.4, -0.2) is 35.2 Å². The summed E-state index contributed by atoms with van der Waals surface area (Å²) in [4.78, 5) is 27.8. The minimum Gasteiger partial charge on any atom is -0.456 e. The van der Waals surface area contributed by atoms with Gasteiger partial charge in [-0.25, -0.2) is 0 Å². The summed E-state index contributed by atoms with van der Waals surface area (Å²) in [6.45, 7) is 6.39. The van der Waals surface area contributed by atoms with Crippen LogP contribution < -0.4 is 5.32 Å². The van der Waals surface area contributed by atoms with Gasteiger partial charge in [-0.05, 0) is 38.5 Å². The van der Waals surface area contributed by atoms with Crippen LogP contribution in [0, 0.1) is 0 Å². The molecular formula is C20H31N3O4. The lowest BCUT2D eigenvalue weighted by molar-refractivity contribution is -0.148. The van der Waals surface area contributed by atoms with Crippen LogP contribution in [-0.2, 0) is 26.2 Å². The molecule has 7 heteroatoms. The number of esters is 1. The van der Waals surface area contributed by atoms with Gasteiger partial charge in [0.25, 0.3) is 5.91 Å². The van der Waals surface area contributed by atoms with Crippen LogP contribution in [0.4, 0.5) is 0 Å². The van der Waals surface area contributed by atoms with Crippen molar-refractivity contribution >= 4 is 11.9 Å². The summed E-state index contributed by atoms with van der Waals surface area (Å²) in [5, 5.41) is 6.74. The first kappa shape index (κ1) is 21.1. The van der Waals surface area contributed by atoms with Crippen molar-refractivity contribution in [3.8, 4) is 0 Å². The monoisotopic (exact) mass is 377 g/mol. The molecule has 1 amide bonds. The van der Waals surface area contributed by atoms with E-state index in [9.17, 15) is 9.59 Å². The number of carbonyl (C=O) groups is 2. The zero-order chi connectivity index (χ0) is 19.7. The molecule has 0 bridgehead atoms. The Hall–Kier alpha value is -2.18. The molecule has 1 aromatic rings. The van der Waals surface area contributed by atoms with Crippen molar-refractivity contribution in [2.45, 2.75) is 77.6 Å². The highest BCUT2D eigenvalue weighted by Crippen LogP contribution is 2.20. The molecule has 150 valence electrons. The van der Waals surface area contributed by atoms with Gasteiger partial charge in [0, 0.05) is 24.8 Å². The average molecular weight is 377 g/mol. The second-order valence-electron chi connectivity index (χ2n) is 7.98. The molecule has 1 heterocycles. The number of amides is 1.